The molecule has 0 bridgehead atoms. The maximum absolute atomic E-state index is 3.47. The Morgan fingerprint density at radius 3 is 2.31 bits per heavy atom. The third kappa shape index (κ3) is 3.65. The summed E-state index contributed by atoms with van der Waals surface area (Å²) in [6.07, 6.45) is 3.91. The number of nitrogens with zero attached hydrogens (tertiary/aromatic N) is 1. The van der Waals surface area contributed by atoms with Gasteiger partial charge in [-0.2, -0.15) is 0 Å². The van der Waals surface area contributed by atoms with Gasteiger partial charge in [0.15, 0.2) is 0 Å². The molecule has 1 saturated heterocycles. The van der Waals surface area contributed by atoms with E-state index in [-0.39, 0.29) is 0 Å². The van der Waals surface area contributed by atoms with Gasteiger partial charge in [-0.3, -0.25) is 0 Å². The molecule has 1 heterocycles. The molecule has 0 radical (unpaired) electrons. The Bertz CT molecular complexity index is 121. The van der Waals surface area contributed by atoms with Crippen molar-refractivity contribution in [3.05, 3.63) is 0 Å². The Labute approximate surface area is 83.7 Å². The Kier molecular flexibility index (Phi) is 6.35. The van der Waals surface area contributed by atoms with E-state index >= 15 is 0 Å². The van der Waals surface area contributed by atoms with Crippen molar-refractivity contribution in [3.63, 3.8) is 0 Å². The number of rotatable bonds is 3. The van der Waals surface area contributed by atoms with Crippen LogP contribution in [0.2, 0.25) is 0 Å². The zero-order valence-electron chi connectivity index (χ0n) is 9.98. The first kappa shape index (κ1) is 12.9. The van der Waals surface area contributed by atoms with Crippen molar-refractivity contribution in [2.24, 2.45) is 0 Å². The van der Waals surface area contributed by atoms with E-state index < -0.39 is 0 Å². The summed E-state index contributed by atoms with van der Waals surface area (Å²) in [5.74, 6) is 0. The Morgan fingerprint density at radius 2 is 2.00 bits per heavy atom. The molecule has 2 heteroatoms. The summed E-state index contributed by atoms with van der Waals surface area (Å²) in [6, 6.07) is 0. The summed E-state index contributed by atoms with van der Waals surface area (Å²) >= 11 is 0. The van der Waals surface area contributed by atoms with Gasteiger partial charge in [0.1, 0.15) is 0 Å². The number of likely N-dealkylation sites (tertiary alicyclic amines) is 1. The summed E-state index contributed by atoms with van der Waals surface area (Å²) in [5.41, 5.74) is 0.434. The second-order valence-electron chi connectivity index (χ2n) is 3.77. The fourth-order valence-corrected chi connectivity index (χ4v) is 2.09. The Balaban J connectivity index is 0.000000671. The van der Waals surface area contributed by atoms with Gasteiger partial charge < -0.3 is 10.2 Å². The lowest BCUT2D eigenvalue weighted by Gasteiger charge is -2.28. The van der Waals surface area contributed by atoms with E-state index in [2.05, 4.69) is 31.2 Å². The van der Waals surface area contributed by atoms with Crippen LogP contribution in [0, 0.1) is 0 Å². The second kappa shape index (κ2) is 6.39. The van der Waals surface area contributed by atoms with Crippen molar-refractivity contribution in [3.8, 4) is 0 Å². The normalized spacial score (nSPS) is 28.4. The van der Waals surface area contributed by atoms with Crippen LogP contribution >= 0.6 is 0 Å². The molecular formula is C11H26N2. The monoisotopic (exact) mass is 186 g/mol. The molecule has 1 N–H and O–H groups in total. The maximum Gasteiger partial charge on any atom is 0.0318 e. The van der Waals surface area contributed by atoms with Gasteiger partial charge >= 0.3 is 0 Å². The van der Waals surface area contributed by atoms with E-state index in [0.29, 0.717) is 5.54 Å². The van der Waals surface area contributed by atoms with Crippen LogP contribution in [-0.2, 0) is 0 Å². The third-order valence-corrected chi connectivity index (χ3v) is 2.80. The Hall–Kier alpha value is -0.0800. The minimum absolute atomic E-state index is 0.434. The Morgan fingerprint density at radius 1 is 1.38 bits per heavy atom. The number of likely N-dealkylation sites (N-methyl/N-ethyl adjacent to an activating group) is 2. The molecule has 2 nitrogen and oxygen atoms in total. The molecule has 1 atom stereocenters. The number of hydrogen-bond donors (Lipinski definition) is 1. The van der Waals surface area contributed by atoms with Gasteiger partial charge in [0.25, 0.3) is 0 Å². The number of hydrogen-bond acceptors (Lipinski definition) is 2. The molecule has 80 valence electrons. The van der Waals surface area contributed by atoms with Gasteiger partial charge in [0.05, 0.1) is 0 Å². The number of nitrogens with one attached hydrogen (secondary N) is 1. The van der Waals surface area contributed by atoms with Gasteiger partial charge in [-0.25, -0.2) is 0 Å². The van der Waals surface area contributed by atoms with Gasteiger partial charge in [0.2, 0.25) is 0 Å². The second-order valence-corrected chi connectivity index (χ2v) is 3.77. The van der Waals surface area contributed by atoms with Crippen LogP contribution in [0.4, 0.5) is 0 Å². The highest BCUT2D eigenvalue weighted by Gasteiger charge is 2.33. The molecular weight excluding hydrogens is 160 g/mol. The molecule has 13 heavy (non-hydrogen) atoms. The summed E-state index contributed by atoms with van der Waals surface area (Å²) in [6.45, 7) is 8.73. The molecule has 1 aliphatic rings. The van der Waals surface area contributed by atoms with Crippen molar-refractivity contribution in [1.82, 2.24) is 10.2 Å². The molecule has 0 aromatic heterocycles. The first-order chi connectivity index (χ1) is 6.22. The smallest absolute Gasteiger partial charge is 0.0318 e. The van der Waals surface area contributed by atoms with Crippen LogP contribution in [0.25, 0.3) is 0 Å². The van der Waals surface area contributed by atoms with Crippen molar-refractivity contribution < 1.29 is 0 Å². The van der Waals surface area contributed by atoms with E-state index in [1.807, 2.05) is 13.8 Å². The van der Waals surface area contributed by atoms with Gasteiger partial charge in [-0.15, -0.1) is 0 Å². The average Bonchev–Trinajstić information content (AvgIpc) is 2.53. The topological polar surface area (TPSA) is 15.3 Å². The lowest BCUT2D eigenvalue weighted by Crippen LogP contribution is -2.44. The third-order valence-electron chi connectivity index (χ3n) is 2.80. The lowest BCUT2D eigenvalue weighted by atomic mass is 9.93. The van der Waals surface area contributed by atoms with Gasteiger partial charge in [-0.05, 0) is 33.5 Å². The van der Waals surface area contributed by atoms with Crippen molar-refractivity contribution >= 4 is 0 Å². The van der Waals surface area contributed by atoms with Crippen LogP contribution in [-0.4, -0.2) is 37.6 Å². The van der Waals surface area contributed by atoms with Crippen LogP contribution in [0.15, 0.2) is 0 Å². The quantitative estimate of drug-likeness (QED) is 0.726. The highest BCUT2D eigenvalue weighted by Crippen LogP contribution is 2.24. The van der Waals surface area contributed by atoms with E-state index in [1.165, 1.54) is 32.4 Å². The molecule has 0 spiro atoms. The standard InChI is InChI=1S/C9H20N2.C2H6/c1-4-5-9(10-2)6-7-11(3)8-9;1-2/h10H,4-8H2,1-3H3;1-2H3. The van der Waals surface area contributed by atoms with Gasteiger partial charge in [-0.1, -0.05) is 27.2 Å². The minimum atomic E-state index is 0.434. The molecule has 0 saturated carbocycles. The van der Waals surface area contributed by atoms with Crippen molar-refractivity contribution in [2.45, 2.75) is 45.6 Å². The van der Waals surface area contributed by atoms with E-state index in [0.717, 1.165) is 0 Å². The highest BCUT2D eigenvalue weighted by molar-refractivity contribution is 4.94. The largest absolute Gasteiger partial charge is 0.313 e. The lowest BCUT2D eigenvalue weighted by molar-refractivity contribution is 0.308. The molecule has 0 amide bonds. The summed E-state index contributed by atoms with van der Waals surface area (Å²) in [7, 11) is 4.30. The molecule has 1 unspecified atom stereocenters. The van der Waals surface area contributed by atoms with E-state index in [9.17, 15) is 0 Å². The molecule has 1 fully saturated rings. The fourth-order valence-electron chi connectivity index (χ4n) is 2.09. The summed E-state index contributed by atoms with van der Waals surface area (Å²) in [5, 5.41) is 3.47. The van der Waals surface area contributed by atoms with Gasteiger partial charge in [0, 0.05) is 12.1 Å². The van der Waals surface area contributed by atoms with Crippen molar-refractivity contribution in [2.75, 3.05) is 27.2 Å². The van der Waals surface area contributed by atoms with E-state index in [4.69, 9.17) is 0 Å². The molecule has 1 rings (SSSR count). The van der Waals surface area contributed by atoms with Crippen LogP contribution in [0.5, 0.6) is 0 Å². The first-order valence-electron chi connectivity index (χ1n) is 5.60. The minimum Gasteiger partial charge on any atom is -0.313 e. The summed E-state index contributed by atoms with van der Waals surface area (Å²) < 4.78 is 0. The zero-order chi connectivity index (χ0) is 10.3. The molecule has 1 aliphatic heterocycles. The highest BCUT2D eigenvalue weighted by atomic mass is 15.2. The maximum atomic E-state index is 3.47. The fraction of sp³-hybridized carbons (Fsp3) is 1.00. The summed E-state index contributed by atoms with van der Waals surface area (Å²) in [4.78, 5) is 2.41. The zero-order valence-corrected chi connectivity index (χ0v) is 9.98. The molecule has 0 aromatic carbocycles. The predicted octanol–water partition coefficient (Wildman–Crippen LogP) is 2.11. The van der Waals surface area contributed by atoms with E-state index in [1.54, 1.807) is 0 Å². The SMILES string of the molecule is CC.CCCC1(NC)CCN(C)C1. The van der Waals surface area contributed by atoms with Crippen molar-refractivity contribution in [1.29, 1.82) is 0 Å². The molecule has 0 aromatic rings. The first-order valence-corrected chi connectivity index (χ1v) is 5.60. The molecule has 0 aliphatic carbocycles. The van der Waals surface area contributed by atoms with Crippen LogP contribution < -0.4 is 5.32 Å². The average molecular weight is 186 g/mol. The van der Waals surface area contributed by atoms with Crippen LogP contribution in [0.3, 0.4) is 0 Å². The predicted molar refractivity (Wildman–Crippen MR) is 60.2 cm³/mol. The van der Waals surface area contributed by atoms with Crippen LogP contribution in [0.1, 0.15) is 40.0 Å².